The molecule has 2 aliphatic heterocycles. The molecule has 2 aliphatic rings. The van der Waals surface area contributed by atoms with E-state index in [1.807, 2.05) is 30.4 Å². The molecule has 5 nitrogen and oxygen atoms in total. The molecule has 4 rings (SSSR count). The summed E-state index contributed by atoms with van der Waals surface area (Å²) in [5.41, 5.74) is 6.43. The smallest absolute Gasteiger partial charge is 0.264 e. The van der Waals surface area contributed by atoms with Crippen molar-refractivity contribution < 1.29 is 13.0 Å². The molecule has 0 radical (unpaired) electrons. The lowest BCUT2D eigenvalue weighted by molar-refractivity contribution is 0.481. The Labute approximate surface area is 330 Å². The predicted octanol–water partition coefficient (Wildman–Crippen LogP) is 10.3. The lowest BCUT2D eigenvalue weighted by atomic mass is 9.81. The fourth-order valence-electron chi connectivity index (χ4n) is 5.32. The zero-order chi connectivity index (χ0) is 31.2. The minimum atomic E-state index is -4.02. The lowest BCUT2D eigenvalue weighted by Crippen LogP contribution is -2.28. The normalized spacial score (nSPS) is 18.6. The third-order valence-electron chi connectivity index (χ3n) is 7.37. The van der Waals surface area contributed by atoms with Crippen LogP contribution in [0, 0.1) is 21.4 Å². The highest BCUT2D eigenvalue weighted by Crippen LogP contribution is 2.51. The standard InChI is InChI=1S/C30H28I6N2O3S/c1-29(2)21(37-19-15-17(31)25(33)27(35)23(19)29)11-8-6-5-7-9-12-22-30(3,4)24-20(16-18(32)26(34)28(24)36)38(22)13-10-14-42(39,40)41/h5-9,11-12,15-16H,10,13-14H2,1-4H3,(H,39,40,41)/b6-5+,9-7+,11-8+,22-12-. The molecule has 0 fully saturated rings. The molecule has 2 aromatic carbocycles. The number of fused-ring (bicyclic) bond motifs is 2. The highest BCUT2D eigenvalue weighted by Gasteiger charge is 2.42. The second-order valence-electron chi connectivity index (χ2n) is 11.0. The van der Waals surface area contributed by atoms with Crippen LogP contribution >= 0.6 is 136 Å². The third-order valence-corrected chi connectivity index (χ3v) is 18.4. The summed E-state index contributed by atoms with van der Waals surface area (Å²) in [6.07, 6.45) is 14.6. The Hall–Kier alpha value is 1.16. The fourth-order valence-corrected chi connectivity index (χ4v) is 11.3. The van der Waals surface area contributed by atoms with Crippen molar-refractivity contribution >= 4 is 163 Å². The van der Waals surface area contributed by atoms with Crippen LogP contribution in [0.5, 0.6) is 0 Å². The molecular weight excluding hydrogens is 1230 g/mol. The van der Waals surface area contributed by atoms with E-state index < -0.39 is 10.1 Å². The molecular formula is C30H28I6N2O3S. The van der Waals surface area contributed by atoms with Crippen molar-refractivity contribution in [3.05, 3.63) is 92.9 Å². The average molecular weight is 1260 g/mol. The van der Waals surface area contributed by atoms with Gasteiger partial charge >= 0.3 is 0 Å². The molecule has 0 spiro atoms. The van der Waals surface area contributed by atoms with Gasteiger partial charge < -0.3 is 4.90 Å². The van der Waals surface area contributed by atoms with Gasteiger partial charge in [0.1, 0.15) is 0 Å². The van der Waals surface area contributed by atoms with Crippen molar-refractivity contribution in [3.8, 4) is 0 Å². The first-order valence-corrected chi connectivity index (χ1v) is 21.0. The van der Waals surface area contributed by atoms with Crippen molar-refractivity contribution in [2.75, 3.05) is 17.2 Å². The maximum absolute atomic E-state index is 11.4. The van der Waals surface area contributed by atoms with Gasteiger partial charge in [-0.15, -0.1) is 0 Å². The molecule has 2 aromatic rings. The summed E-state index contributed by atoms with van der Waals surface area (Å²) in [6.45, 7) is 9.38. The van der Waals surface area contributed by atoms with E-state index in [9.17, 15) is 13.0 Å². The van der Waals surface area contributed by atoms with Crippen LogP contribution in [0.2, 0.25) is 0 Å². The van der Waals surface area contributed by atoms with E-state index in [0.717, 1.165) is 26.4 Å². The first-order chi connectivity index (χ1) is 19.5. The van der Waals surface area contributed by atoms with Crippen molar-refractivity contribution in [3.63, 3.8) is 0 Å². The lowest BCUT2D eigenvalue weighted by Gasteiger charge is -2.27. The molecule has 12 heteroatoms. The Balaban J connectivity index is 1.55. The first-order valence-electron chi connectivity index (χ1n) is 12.9. The van der Waals surface area contributed by atoms with Crippen molar-refractivity contribution in [1.29, 1.82) is 0 Å². The summed E-state index contributed by atoms with van der Waals surface area (Å²) < 4.78 is 39.5. The van der Waals surface area contributed by atoms with E-state index >= 15 is 0 Å². The molecule has 0 bridgehead atoms. The van der Waals surface area contributed by atoms with Gasteiger partial charge in [0.05, 0.1) is 17.2 Å². The van der Waals surface area contributed by atoms with E-state index in [0.29, 0.717) is 13.0 Å². The second-order valence-corrected chi connectivity index (χ2v) is 19.2. The Kier molecular flexibility index (Phi) is 12.1. The van der Waals surface area contributed by atoms with Crippen LogP contribution in [0.25, 0.3) is 0 Å². The quantitative estimate of drug-likeness (QED) is 0.124. The van der Waals surface area contributed by atoms with E-state index in [1.54, 1.807) is 0 Å². The minimum absolute atomic E-state index is 0.157. The van der Waals surface area contributed by atoms with Gasteiger partial charge in [-0.3, -0.25) is 9.55 Å². The number of allylic oxidation sites excluding steroid dienone is 8. The van der Waals surface area contributed by atoms with Gasteiger partial charge in [0.25, 0.3) is 10.1 Å². The fraction of sp³-hybridized carbons (Fsp3) is 0.300. The van der Waals surface area contributed by atoms with Gasteiger partial charge in [-0.25, -0.2) is 0 Å². The van der Waals surface area contributed by atoms with Crippen LogP contribution in [0.1, 0.15) is 45.2 Å². The topological polar surface area (TPSA) is 70.0 Å². The molecule has 1 N–H and O–H groups in total. The Morgan fingerprint density at radius 3 is 2.02 bits per heavy atom. The van der Waals surface area contributed by atoms with Gasteiger partial charge in [-0.2, -0.15) is 8.42 Å². The van der Waals surface area contributed by atoms with Crippen LogP contribution in [0.3, 0.4) is 0 Å². The zero-order valence-corrected chi connectivity index (χ0v) is 36.9. The summed E-state index contributed by atoms with van der Waals surface area (Å²) in [6, 6.07) is 4.35. The van der Waals surface area contributed by atoms with Crippen molar-refractivity contribution in [1.82, 2.24) is 0 Å². The number of nitrogens with zero attached hydrogens (tertiary/aromatic N) is 2. The van der Waals surface area contributed by atoms with Crippen LogP contribution in [-0.4, -0.2) is 31.0 Å². The van der Waals surface area contributed by atoms with Gasteiger partial charge in [0, 0.05) is 61.3 Å². The van der Waals surface area contributed by atoms with E-state index in [4.69, 9.17) is 4.99 Å². The van der Waals surface area contributed by atoms with Crippen LogP contribution < -0.4 is 4.90 Å². The zero-order valence-electron chi connectivity index (χ0n) is 23.2. The number of benzene rings is 2. The number of rotatable bonds is 8. The maximum atomic E-state index is 11.4. The Morgan fingerprint density at radius 1 is 0.810 bits per heavy atom. The largest absolute Gasteiger partial charge is 0.344 e. The Bertz CT molecular complexity index is 1710. The molecule has 0 atom stereocenters. The molecule has 0 saturated heterocycles. The Morgan fingerprint density at radius 2 is 1.38 bits per heavy atom. The monoisotopic (exact) mass is 1260 g/mol. The number of hydrogen-bond donors (Lipinski definition) is 1. The molecule has 0 amide bonds. The summed E-state index contributed by atoms with van der Waals surface area (Å²) in [4.78, 5) is 7.16. The molecule has 0 saturated carbocycles. The summed E-state index contributed by atoms with van der Waals surface area (Å²) in [5, 5.41) is 0. The summed E-state index contributed by atoms with van der Waals surface area (Å²) >= 11 is 14.4. The maximum Gasteiger partial charge on any atom is 0.264 e. The van der Waals surface area contributed by atoms with E-state index in [1.165, 1.54) is 29.0 Å². The van der Waals surface area contributed by atoms with Gasteiger partial charge in [0.15, 0.2) is 0 Å². The molecule has 42 heavy (non-hydrogen) atoms. The number of halogens is 6. The molecule has 0 aromatic heterocycles. The number of anilines is 1. The van der Waals surface area contributed by atoms with Gasteiger partial charge in [-0.05, 0) is 166 Å². The average Bonchev–Trinajstić information content (AvgIpc) is 3.25. The highest BCUT2D eigenvalue weighted by atomic mass is 127. The third kappa shape index (κ3) is 7.49. The van der Waals surface area contributed by atoms with Crippen LogP contribution in [-0.2, 0) is 20.9 Å². The van der Waals surface area contributed by atoms with Gasteiger partial charge in [-0.1, -0.05) is 58.1 Å². The highest BCUT2D eigenvalue weighted by molar-refractivity contribution is 14.1. The summed E-state index contributed by atoms with van der Waals surface area (Å²) in [5.74, 6) is -0.263. The molecule has 2 heterocycles. The molecule has 0 aliphatic carbocycles. The molecule has 224 valence electrons. The van der Waals surface area contributed by atoms with Crippen molar-refractivity contribution in [2.45, 2.75) is 44.9 Å². The van der Waals surface area contributed by atoms with Crippen molar-refractivity contribution in [2.24, 2.45) is 4.99 Å². The molecule has 0 unspecified atom stereocenters. The van der Waals surface area contributed by atoms with E-state index in [2.05, 4.69) is 192 Å². The number of hydrogen-bond acceptors (Lipinski definition) is 4. The summed E-state index contributed by atoms with van der Waals surface area (Å²) in [7, 11) is -4.02. The second kappa shape index (κ2) is 14.1. The first kappa shape index (κ1) is 36.0. The van der Waals surface area contributed by atoms with Gasteiger partial charge in [0.2, 0.25) is 0 Å². The van der Waals surface area contributed by atoms with Crippen LogP contribution in [0.15, 0.2) is 65.4 Å². The predicted molar refractivity (Wildman–Crippen MR) is 226 cm³/mol. The SMILES string of the molecule is CC1(C)C(/C=C/C=C/C=C/C=C2\N(CCCS(=O)(=O)O)c3cc(I)c(I)c(I)c3C2(C)C)=Nc2cc(I)c(I)c(I)c21. The van der Waals surface area contributed by atoms with Crippen LogP contribution in [0.4, 0.5) is 11.4 Å². The number of aliphatic imine (C=N–C) groups is 1. The van der Waals surface area contributed by atoms with E-state index in [-0.39, 0.29) is 16.6 Å². The minimum Gasteiger partial charge on any atom is -0.344 e.